The summed E-state index contributed by atoms with van der Waals surface area (Å²) in [6, 6.07) is 19.7. The van der Waals surface area contributed by atoms with E-state index >= 15 is 0 Å². The van der Waals surface area contributed by atoms with E-state index in [1.807, 2.05) is 6.07 Å². The normalized spacial score (nSPS) is 13.9. The van der Waals surface area contributed by atoms with Crippen molar-refractivity contribution in [3.63, 3.8) is 0 Å². The van der Waals surface area contributed by atoms with Gasteiger partial charge in [-0.25, -0.2) is 0 Å². The average molecular weight is 283 g/mol. The average Bonchev–Trinajstić information content (AvgIpc) is 2.52. The van der Waals surface area contributed by atoms with Crippen molar-refractivity contribution >= 4 is 0 Å². The monoisotopic (exact) mass is 283 g/mol. The molecule has 112 valence electrons. The smallest absolute Gasteiger partial charge is 0.0431 e. The molecule has 2 atom stereocenters. The second kappa shape index (κ2) is 7.96. The maximum atomic E-state index is 9.12. The zero-order chi connectivity index (χ0) is 15.1. The van der Waals surface area contributed by atoms with E-state index in [1.54, 1.807) is 0 Å². The first-order valence-electron chi connectivity index (χ1n) is 7.69. The molecule has 0 heterocycles. The molecule has 0 aliphatic carbocycles. The van der Waals surface area contributed by atoms with Gasteiger partial charge in [-0.15, -0.1) is 0 Å². The molecule has 0 spiro atoms. The van der Waals surface area contributed by atoms with E-state index < -0.39 is 0 Å². The van der Waals surface area contributed by atoms with E-state index in [-0.39, 0.29) is 18.7 Å². The number of rotatable bonds is 7. The van der Waals surface area contributed by atoms with Crippen molar-refractivity contribution in [2.24, 2.45) is 0 Å². The Kier molecular flexibility index (Phi) is 5.97. The van der Waals surface area contributed by atoms with Crippen molar-refractivity contribution in [1.82, 2.24) is 5.32 Å². The Labute approximate surface area is 127 Å². The van der Waals surface area contributed by atoms with Gasteiger partial charge in [0.25, 0.3) is 0 Å². The predicted octanol–water partition coefficient (Wildman–Crippen LogP) is 4.16. The van der Waals surface area contributed by atoms with Crippen LogP contribution in [-0.4, -0.2) is 11.7 Å². The fraction of sp³-hybridized carbons (Fsp3) is 0.368. The van der Waals surface area contributed by atoms with Crippen LogP contribution in [0.1, 0.15) is 48.5 Å². The van der Waals surface area contributed by atoms with Crippen molar-refractivity contribution in [3.8, 4) is 0 Å². The van der Waals surface area contributed by atoms with Gasteiger partial charge in [-0.1, -0.05) is 60.2 Å². The SMILES string of the molecule is Cc1ccc(C(C)NC(CCCO)c2ccccc2)cc1. The van der Waals surface area contributed by atoms with Crippen LogP contribution in [0.15, 0.2) is 54.6 Å². The van der Waals surface area contributed by atoms with E-state index in [9.17, 15) is 0 Å². The topological polar surface area (TPSA) is 32.3 Å². The first-order valence-corrected chi connectivity index (χ1v) is 7.69. The molecule has 2 aromatic carbocycles. The van der Waals surface area contributed by atoms with Crippen molar-refractivity contribution in [1.29, 1.82) is 0 Å². The highest BCUT2D eigenvalue weighted by Gasteiger charge is 2.14. The molecule has 21 heavy (non-hydrogen) atoms. The summed E-state index contributed by atoms with van der Waals surface area (Å²) in [6.07, 6.45) is 1.75. The fourth-order valence-electron chi connectivity index (χ4n) is 2.58. The van der Waals surface area contributed by atoms with Crippen LogP contribution in [0.3, 0.4) is 0 Å². The zero-order valence-corrected chi connectivity index (χ0v) is 12.9. The summed E-state index contributed by atoms with van der Waals surface area (Å²) in [4.78, 5) is 0. The summed E-state index contributed by atoms with van der Waals surface area (Å²) in [6.45, 7) is 4.54. The molecule has 2 aromatic rings. The summed E-state index contributed by atoms with van der Waals surface area (Å²) in [7, 11) is 0. The van der Waals surface area contributed by atoms with Crippen molar-refractivity contribution < 1.29 is 5.11 Å². The number of aryl methyl sites for hydroxylation is 1. The molecular formula is C19H25NO. The van der Waals surface area contributed by atoms with E-state index in [2.05, 4.69) is 67.7 Å². The molecule has 0 aliphatic rings. The lowest BCUT2D eigenvalue weighted by Crippen LogP contribution is -2.25. The Hall–Kier alpha value is -1.64. The van der Waals surface area contributed by atoms with Crippen LogP contribution in [0.25, 0.3) is 0 Å². The zero-order valence-electron chi connectivity index (χ0n) is 12.9. The Morgan fingerprint density at radius 1 is 0.952 bits per heavy atom. The molecule has 0 saturated heterocycles. The van der Waals surface area contributed by atoms with Gasteiger partial charge in [0.2, 0.25) is 0 Å². The predicted molar refractivity (Wildman–Crippen MR) is 88.2 cm³/mol. The van der Waals surface area contributed by atoms with Crippen LogP contribution in [-0.2, 0) is 0 Å². The molecule has 2 N–H and O–H groups in total. The summed E-state index contributed by atoms with van der Waals surface area (Å²) in [5, 5.41) is 12.8. The molecule has 0 bridgehead atoms. The number of benzene rings is 2. The minimum atomic E-state index is 0.240. The summed E-state index contributed by atoms with van der Waals surface area (Å²) < 4.78 is 0. The highest BCUT2D eigenvalue weighted by Crippen LogP contribution is 2.23. The van der Waals surface area contributed by atoms with Gasteiger partial charge < -0.3 is 10.4 Å². The second-order valence-electron chi connectivity index (χ2n) is 5.63. The summed E-state index contributed by atoms with van der Waals surface area (Å²) in [5.74, 6) is 0. The van der Waals surface area contributed by atoms with Gasteiger partial charge in [0.1, 0.15) is 0 Å². The third-order valence-corrected chi connectivity index (χ3v) is 3.88. The molecule has 0 aromatic heterocycles. The molecule has 2 nitrogen and oxygen atoms in total. The minimum Gasteiger partial charge on any atom is -0.396 e. The number of nitrogens with one attached hydrogen (secondary N) is 1. The second-order valence-corrected chi connectivity index (χ2v) is 5.63. The fourth-order valence-corrected chi connectivity index (χ4v) is 2.58. The maximum absolute atomic E-state index is 9.12. The Balaban J connectivity index is 2.09. The van der Waals surface area contributed by atoms with Crippen molar-refractivity contribution in [2.75, 3.05) is 6.61 Å². The van der Waals surface area contributed by atoms with Gasteiger partial charge in [-0.2, -0.15) is 0 Å². The van der Waals surface area contributed by atoms with Crippen LogP contribution in [0.5, 0.6) is 0 Å². The Bertz CT molecular complexity index is 521. The van der Waals surface area contributed by atoms with Crippen LogP contribution in [0.4, 0.5) is 0 Å². The maximum Gasteiger partial charge on any atom is 0.0431 e. The minimum absolute atomic E-state index is 0.240. The third-order valence-electron chi connectivity index (χ3n) is 3.88. The molecule has 0 radical (unpaired) electrons. The first kappa shape index (κ1) is 15.7. The van der Waals surface area contributed by atoms with Gasteiger partial charge in [0.15, 0.2) is 0 Å². The summed E-state index contributed by atoms with van der Waals surface area (Å²) >= 11 is 0. The highest BCUT2D eigenvalue weighted by molar-refractivity contribution is 5.25. The van der Waals surface area contributed by atoms with Crippen LogP contribution in [0, 0.1) is 6.92 Å². The lowest BCUT2D eigenvalue weighted by molar-refractivity contribution is 0.272. The summed E-state index contributed by atoms with van der Waals surface area (Å²) in [5.41, 5.74) is 3.86. The molecule has 0 fully saturated rings. The highest BCUT2D eigenvalue weighted by atomic mass is 16.2. The molecule has 2 heteroatoms. The van der Waals surface area contributed by atoms with Crippen LogP contribution < -0.4 is 5.32 Å². The number of hydrogen-bond donors (Lipinski definition) is 2. The van der Waals surface area contributed by atoms with Gasteiger partial charge in [0.05, 0.1) is 0 Å². The van der Waals surface area contributed by atoms with Crippen molar-refractivity contribution in [3.05, 3.63) is 71.3 Å². The quantitative estimate of drug-likeness (QED) is 0.799. The van der Waals surface area contributed by atoms with Gasteiger partial charge in [-0.05, 0) is 37.8 Å². The lowest BCUT2D eigenvalue weighted by Gasteiger charge is -2.24. The van der Waals surface area contributed by atoms with E-state index in [0.717, 1.165) is 12.8 Å². The molecule has 2 unspecified atom stereocenters. The number of aliphatic hydroxyl groups excluding tert-OH is 1. The van der Waals surface area contributed by atoms with E-state index in [0.29, 0.717) is 0 Å². The molecule has 2 rings (SSSR count). The van der Waals surface area contributed by atoms with Crippen LogP contribution in [0.2, 0.25) is 0 Å². The van der Waals surface area contributed by atoms with E-state index in [1.165, 1.54) is 16.7 Å². The third kappa shape index (κ3) is 4.69. The molecule has 0 amide bonds. The first-order chi connectivity index (χ1) is 10.2. The number of aliphatic hydroxyl groups is 1. The Morgan fingerprint density at radius 3 is 2.24 bits per heavy atom. The van der Waals surface area contributed by atoms with Gasteiger partial charge in [0, 0.05) is 18.7 Å². The molecule has 0 aliphatic heterocycles. The standard InChI is InChI=1S/C19H25NO/c1-15-10-12-17(13-11-15)16(2)20-19(9-6-14-21)18-7-4-3-5-8-18/h3-5,7-8,10-13,16,19-21H,6,9,14H2,1-2H3. The number of hydrogen-bond acceptors (Lipinski definition) is 2. The largest absolute Gasteiger partial charge is 0.396 e. The van der Waals surface area contributed by atoms with Gasteiger partial charge >= 0.3 is 0 Å². The van der Waals surface area contributed by atoms with Crippen molar-refractivity contribution in [2.45, 2.75) is 38.8 Å². The van der Waals surface area contributed by atoms with Crippen LogP contribution >= 0.6 is 0 Å². The molecule has 0 saturated carbocycles. The molecular weight excluding hydrogens is 258 g/mol. The van der Waals surface area contributed by atoms with Gasteiger partial charge in [-0.3, -0.25) is 0 Å². The van der Waals surface area contributed by atoms with E-state index in [4.69, 9.17) is 5.11 Å². The lowest BCUT2D eigenvalue weighted by atomic mass is 9.99. The Morgan fingerprint density at radius 2 is 1.62 bits per heavy atom.